The second-order valence-corrected chi connectivity index (χ2v) is 9.69. The third-order valence-corrected chi connectivity index (χ3v) is 7.15. The molecule has 33 heavy (non-hydrogen) atoms. The molecule has 0 bridgehead atoms. The minimum Gasteiger partial charge on any atom is -0.455 e. The number of hydrogen-bond acceptors (Lipinski definition) is 5. The van der Waals surface area contributed by atoms with Gasteiger partial charge in [-0.15, -0.1) is 11.3 Å². The first-order chi connectivity index (χ1) is 16.0. The number of aromatic amines is 1. The average molecular weight is 454 g/mol. The number of hydrogen-bond donors (Lipinski definition) is 4. The molecule has 5 aromatic rings. The van der Waals surface area contributed by atoms with Crippen molar-refractivity contribution in [2.24, 2.45) is 16.6 Å². The Morgan fingerprint density at radius 2 is 1.91 bits per heavy atom. The molecule has 0 amide bonds. The van der Waals surface area contributed by atoms with Gasteiger partial charge in [0.2, 0.25) is 0 Å². The smallest absolute Gasteiger partial charge is 0.145 e. The molecular weight excluding hydrogens is 430 g/mol. The Kier molecular flexibility index (Phi) is 4.58. The number of thiophene rings is 1. The lowest BCUT2D eigenvalue weighted by atomic mass is 10.1. The summed E-state index contributed by atoms with van der Waals surface area (Å²) in [6.45, 7) is 4.03. The molecule has 6 rings (SSSR count). The lowest BCUT2D eigenvalue weighted by Crippen LogP contribution is -2.35. The van der Waals surface area contributed by atoms with E-state index in [1.54, 1.807) is 11.3 Å². The lowest BCUT2D eigenvalue weighted by Gasteiger charge is -2.19. The molecule has 1 atom stereocenters. The van der Waals surface area contributed by atoms with Crippen LogP contribution in [0.25, 0.3) is 43.1 Å². The zero-order valence-corrected chi connectivity index (χ0v) is 18.9. The molecule has 0 radical (unpaired) electrons. The Labute approximate surface area is 194 Å². The van der Waals surface area contributed by atoms with Crippen molar-refractivity contribution in [3.8, 4) is 21.2 Å². The molecule has 4 heterocycles. The third-order valence-electron chi connectivity index (χ3n) is 6.02. The molecule has 0 fully saturated rings. The van der Waals surface area contributed by atoms with Crippen LogP contribution in [0, 0.1) is 11.3 Å². The summed E-state index contributed by atoms with van der Waals surface area (Å²) in [5.41, 5.74) is 10.3. The fourth-order valence-electron chi connectivity index (χ4n) is 4.17. The zero-order valence-electron chi connectivity index (χ0n) is 18.1. The number of aromatic nitrogens is 1. The third kappa shape index (κ3) is 3.60. The van der Waals surface area contributed by atoms with Crippen molar-refractivity contribution in [3.05, 3.63) is 71.8 Å². The fourth-order valence-corrected chi connectivity index (χ4v) is 5.10. The van der Waals surface area contributed by atoms with E-state index in [1.165, 1.54) is 5.39 Å². The molecule has 0 spiro atoms. The molecule has 2 aromatic carbocycles. The maximum atomic E-state index is 7.63. The number of nitrogens with two attached hydrogens (primary N) is 1. The molecule has 0 saturated heterocycles. The highest BCUT2D eigenvalue weighted by Crippen LogP contribution is 2.37. The van der Waals surface area contributed by atoms with Crippen LogP contribution in [0.2, 0.25) is 0 Å². The van der Waals surface area contributed by atoms with Crippen LogP contribution < -0.4 is 11.1 Å². The second kappa shape index (κ2) is 7.64. The summed E-state index contributed by atoms with van der Waals surface area (Å²) in [6, 6.07) is 20.5. The fraction of sp³-hybridized carbons (Fsp3) is 0.154. The van der Waals surface area contributed by atoms with Crippen LogP contribution in [-0.4, -0.2) is 29.7 Å². The highest BCUT2D eigenvalue weighted by molar-refractivity contribution is 7.18. The standard InChI is InChI=1S/C26H23N5OS/c1-14-12-29-26(30-13-14)18-5-2-15-8-20(31-19(15)9-18)23-6-7-24(33-23)22-10-16-3-4-17(25(27)28)11-21(16)32-22/h2-11,14,31H,12-13H2,1H3,(H3,27,28)(H,29,30). The number of nitrogen functional groups attached to an aromatic ring is 1. The summed E-state index contributed by atoms with van der Waals surface area (Å²) in [7, 11) is 0. The summed E-state index contributed by atoms with van der Waals surface area (Å²) >= 11 is 1.68. The summed E-state index contributed by atoms with van der Waals surface area (Å²) in [5.74, 6) is 2.40. The van der Waals surface area contributed by atoms with E-state index < -0.39 is 0 Å². The summed E-state index contributed by atoms with van der Waals surface area (Å²) < 4.78 is 6.07. The van der Waals surface area contributed by atoms with Gasteiger partial charge in [0, 0.05) is 40.5 Å². The number of furan rings is 1. The highest BCUT2D eigenvalue weighted by atomic mass is 32.1. The number of benzene rings is 2. The van der Waals surface area contributed by atoms with Crippen LogP contribution in [0.4, 0.5) is 0 Å². The van der Waals surface area contributed by atoms with Crippen LogP contribution in [-0.2, 0) is 0 Å². The topological polar surface area (TPSA) is 103 Å². The SMILES string of the molecule is CC1CN=C(c2ccc3cc(-c4ccc(-c5cc6ccc(C(=N)N)cc6o5)s4)[nH]c3c2)NC1. The maximum Gasteiger partial charge on any atom is 0.145 e. The lowest BCUT2D eigenvalue weighted by molar-refractivity contribution is 0.554. The maximum absolute atomic E-state index is 7.63. The van der Waals surface area contributed by atoms with Gasteiger partial charge in [-0.3, -0.25) is 10.4 Å². The number of H-pyrrole nitrogens is 1. The predicted molar refractivity (Wildman–Crippen MR) is 136 cm³/mol. The highest BCUT2D eigenvalue weighted by Gasteiger charge is 2.15. The van der Waals surface area contributed by atoms with Crippen molar-refractivity contribution in [2.75, 3.05) is 13.1 Å². The van der Waals surface area contributed by atoms with Gasteiger partial charge in [-0.25, -0.2) is 0 Å². The van der Waals surface area contributed by atoms with E-state index in [2.05, 4.69) is 58.6 Å². The Balaban J connectivity index is 1.31. The molecular formula is C26H23N5OS. The first-order valence-corrected chi connectivity index (χ1v) is 11.8. The van der Waals surface area contributed by atoms with Crippen molar-refractivity contribution in [3.63, 3.8) is 0 Å². The van der Waals surface area contributed by atoms with Gasteiger partial charge in [0.15, 0.2) is 0 Å². The van der Waals surface area contributed by atoms with Crippen molar-refractivity contribution < 1.29 is 4.42 Å². The van der Waals surface area contributed by atoms with Gasteiger partial charge in [0.25, 0.3) is 0 Å². The van der Waals surface area contributed by atoms with E-state index in [1.807, 2.05) is 24.3 Å². The van der Waals surface area contributed by atoms with Crippen LogP contribution in [0.15, 0.2) is 70.1 Å². The van der Waals surface area contributed by atoms with Gasteiger partial charge >= 0.3 is 0 Å². The van der Waals surface area contributed by atoms with Gasteiger partial charge in [0.05, 0.1) is 15.4 Å². The predicted octanol–water partition coefficient (Wildman–Crippen LogP) is 5.58. The molecule has 5 N–H and O–H groups in total. The van der Waals surface area contributed by atoms with E-state index in [-0.39, 0.29) is 5.84 Å². The van der Waals surface area contributed by atoms with Crippen LogP contribution in [0.3, 0.4) is 0 Å². The number of rotatable bonds is 4. The van der Waals surface area contributed by atoms with Gasteiger partial charge in [-0.05, 0) is 42.3 Å². The van der Waals surface area contributed by atoms with E-state index >= 15 is 0 Å². The summed E-state index contributed by atoms with van der Waals surface area (Å²) in [6.07, 6.45) is 0. The molecule has 0 saturated carbocycles. The van der Waals surface area contributed by atoms with Crippen molar-refractivity contribution >= 4 is 44.9 Å². The number of aliphatic imine (C=N–C) groups is 1. The van der Waals surface area contributed by atoms with Crippen LogP contribution >= 0.6 is 11.3 Å². The molecule has 1 aliphatic rings. The minimum absolute atomic E-state index is 0.0381. The van der Waals surface area contributed by atoms with Crippen molar-refractivity contribution in [2.45, 2.75) is 6.92 Å². The zero-order chi connectivity index (χ0) is 22.5. The molecule has 1 aliphatic heterocycles. The van der Waals surface area contributed by atoms with Gasteiger partial charge < -0.3 is 20.5 Å². The number of fused-ring (bicyclic) bond motifs is 2. The van der Waals surface area contributed by atoms with Crippen molar-refractivity contribution in [1.29, 1.82) is 5.41 Å². The number of amidine groups is 2. The average Bonchev–Trinajstić information content (AvgIpc) is 3.55. The molecule has 3 aromatic heterocycles. The molecule has 1 unspecified atom stereocenters. The van der Waals surface area contributed by atoms with Crippen molar-refractivity contribution in [1.82, 2.24) is 10.3 Å². The Morgan fingerprint density at radius 3 is 2.73 bits per heavy atom. The normalized spacial score (nSPS) is 16.2. The van der Waals surface area contributed by atoms with E-state index in [0.717, 1.165) is 62.2 Å². The van der Waals surface area contributed by atoms with Gasteiger partial charge in [-0.1, -0.05) is 31.2 Å². The van der Waals surface area contributed by atoms with E-state index in [0.29, 0.717) is 11.5 Å². The van der Waals surface area contributed by atoms with E-state index in [9.17, 15) is 0 Å². The van der Waals surface area contributed by atoms with Crippen LogP contribution in [0.1, 0.15) is 18.1 Å². The first kappa shape index (κ1) is 19.8. The molecule has 7 heteroatoms. The Morgan fingerprint density at radius 1 is 1.06 bits per heavy atom. The van der Waals surface area contributed by atoms with Gasteiger partial charge in [-0.2, -0.15) is 0 Å². The quantitative estimate of drug-likeness (QED) is 0.211. The molecule has 6 nitrogen and oxygen atoms in total. The Hall–Kier alpha value is -3.84. The second-order valence-electron chi connectivity index (χ2n) is 8.60. The largest absolute Gasteiger partial charge is 0.455 e. The number of nitrogens with zero attached hydrogens (tertiary/aromatic N) is 1. The summed E-state index contributed by atoms with van der Waals surface area (Å²) in [5, 5.41) is 13.2. The monoisotopic (exact) mass is 453 g/mol. The first-order valence-electron chi connectivity index (χ1n) is 10.9. The molecule has 0 aliphatic carbocycles. The summed E-state index contributed by atoms with van der Waals surface area (Å²) in [4.78, 5) is 10.5. The van der Waals surface area contributed by atoms with Gasteiger partial charge in [0.1, 0.15) is 23.0 Å². The Bertz CT molecular complexity index is 1550. The number of nitrogens with one attached hydrogen (secondary N) is 3. The molecule has 164 valence electrons. The minimum atomic E-state index is 0.0381. The van der Waals surface area contributed by atoms with Crippen LogP contribution in [0.5, 0.6) is 0 Å². The van der Waals surface area contributed by atoms with E-state index in [4.69, 9.17) is 15.6 Å².